The zero-order valence-electron chi connectivity index (χ0n) is 16.2. The number of hydrogen-bond donors (Lipinski definition) is 4. The van der Waals surface area contributed by atoms with Gasteiger partial charge in [0.1, 0.15) is 5.54 Å². The standard InChI is InChI=1S/C18H31N5O3.HI/c1-3-19-16(20-11-12-5-4-6-14(12)24)23-9-7-13(8-10-23)18(2)15(25)21-17(26)22-18;/h12-14,24H,3-11H2,1-2H3,(H,19,20)(H2,21,22,25,26);1H. The van der Waals surface area contributed by atoms with Crippen LogP contribution in [0.3, 0.4) is 0 Å². The molecule has 0 radical (unpaired) electrons. The fourth-order valence-electron chi connectivity index (χ4n) is 4.37. The number of guanidine groups is 1. The third-order valence-corrected chi connectivity index (χ3v) is 6.11. The lowest BCUT2D eigenvalue weighted by Gasteiger charge is -2.39. The van der Waals surface area contributed by atoms with Crippen molar-refractivity contribution in [1.82, 2.24) is 20.9 Å². The van der Waals surface area contributed by atoms with Gasteiger partial charge in [0, 0.05) is 32.1 Å². The number of rotatable bonds is 4. The van der Waals surface area contributed by atoms with Crippen LogP contribution in [0.2, 0.25) is 0 Å². The first kappa shape index (κ1) is 22.2. The molecule has 2 heterocycles. The molecule has 154 valence electrons. The first-order chi connectivity index (χ1) is 12.4. The number of amides is 3. The Morgan fingerprint density at radius 2 is 2.00 bits per heavy atom. The second-order valence-electron chi connectivity index (χ2n) is 7.82. The van der Waals surface area contributed by atoms with Crippen LogP contribution in [0.4, 0.5) is 4.79 Å². The highest BCUT2D eigenvalue weighted by molar-refractivity contribution is 14.0. The maximum atomic E-state index is 12.1. The van der Waals surface area contributed by atoms with Crippen molar-refractivity contribution in [1.29, 1.82) is 0 Å². The first-order valence-corrected chi connectivity index (χ1v) is 9.79. The highest BCUT2D eigenvalue weighted by atomic mass is 127. The van der Waals surface area contributed by atoms with Gasteiger partial charge in [0.2, 0.25) is 0 Å². The SMILES string of the molecule is CCNC(=NCC1CCCC1O)N1CCC(C2(C)NC(=O)NC2=O)CC1.I. The molecule has 8 nitrogen and oxygen atoms in total. The minimum absolute atomic E-state index is 0. The molecule has 3 unspecified atom stereocenters. The number of urea groups is 1. The van der Waals surface area contributed by atoms with Crippen molar-refractivity contribution < 1.29 is 14.7 Å². The van der Waals surface area contributed by atoms with Crippen LogP contribution < -0.4 is 16.0 Å². The van der Waals surface area contributed by atoms with Crippen LogP contribution in [0.25, 0.3) is 0 Å². The summed E-state index contributed by atoms with van der Waals surface area (Å²) in [7, 11) is 0. The Labute approximate surface area is 177 Å². The fourth-order valence-corrected chi connectivity index (χ4v) is 4.37. The van der Waals surface area contributed by atoms with Gasteiger partial charge in [-0.1, -0.05) is 6.42 Å². The molecule has 3 aliphatic rings. The molecule has 4 N–H and O–H groups in total. The summed E-state index contributed by atoms with van der Waals surface area (Å²) >= 11 is 0. The van der Waals surface area contributed by atoms with Crippen molar-refractivity contribution in [3.8, 4) is 0 Å². The van der Waals surface area contributed by atoms with Crippen LogP contribution in [0.1, 0.15) is 46.0 Å². The second kappa shape index (κ2) is 9.40. The Bertz CT molecular complexity index is 579. The summed E-state index contributed by atoms with van der Waals surface area (Å²) in [6.45, 7) is 6.90. The van der Waals surface area contributed by atoms with Crippen molar-refractivity contribution >= 4 is 41.9 Å². The first-order valence-electron chi connectivity index (χ1n) is 9.79. The summed E-state index contributed by atoms with van der Waals surface area (Å²) in [6.07, 6.45) is 4.42. The minimum atomic E-state index is -0.813. The number of likely N-dealkylation sites (tertiary alicyclic amines) is 1. The topological polar surface area (TPSA) is 106 Å². The summed E-state index contributed by atoms with van der Waals surface area (Å²) in [5.41, 5.74) is -0.813. The molecule has 1 saturated carbocycles. The van der Waals surface area contributed by atoms with Gasteiger partial charge >= 0.3 is 6.03 Å². The van der Waals surface area contributed by atoms with Crippen molar-refractivity contribution in [2.24, 2.45) is 16.8 Å². The third kappa shape index (κ3) is 4.85. The third-order valence-electron chi connectivity index (χ3n) is 6.11. The van der Waals surface area contributed by atoms with Crippen molar-refractivity contribution in [2.45, 2.75) is 57.6 Å². The average molecular weight is 493 g/mol. The number of carbonyl (C=O) groups is 2. The van der Waals surface area contributed by atoms with E-state index in [0.29, 0.717) is 6.54 Å². The van der Waals surface area contributed by atoms with E-state index in [0.717, 1.165) is 57.7 Å². The van der Waals surface area contributed by atoms with Crippen LogP contribution >= 0.6 is 24.0 Å². The molecule has 0 aromatic carbocycles. The summed E-state index contributed by atoms with van der Waals surface area (Å²) in [5, 5.41) is 18.5. The molecule has 1 aliphatic carbocycles. The van der Waals surface area contributed by atoms with Crippen LogP contribution in [0.5, 0.6) is 0 Å². The molecule has 0 aromatic heterocycles. The number of aliphatic hydroxyl groups excluding tert-OH is 1. The number of hydrogen-bond acceptors (Lipinski definition) is 4. The zero-order chi connectivity index (χ0) is 18.7. The Balaban J connectivity index is 0.00000261. The van der Waals surface area contributed by atoms with Gasteiger partial charge in [0.25, 0.3) is 5.91 Å². The normalized spacial score (nSPS) is 32.1. The van der Waals surface area contributed by atoms with Crippen LogP contribution in [0, 0.1) is 11.8 Å². The Hall–Kier alpha value is -1.10. The number of piperidine rings is 1. The number of halogens is 1. The lowest BCUT2D eigenvalue weighted by molar-refractivity contribution is -0.125. The number of nitrogens with zero attached hydrogens (tertiary/aromatic N) is 2. The molecule has 0 bridgehead atoms. The molecular weight excluding hydrogens is 461 g/mol. The van der Waals surface area contributed by atoms with E-state index in [-0.39, 0.29) is 47.8 Å². The van der Waals surface area contributed by atoms with Gasteiger partial charge in [0.15, 0.2) is 5.96 Å². The zero-order valence-corrected chi connectivity index (χ0v) is 18.5. The molecule has 27 heavy (non-hydrogen) atoms. The maximum absolute atomic E-state index is 12.1. The molecule has 0 aromatic rings. The smallest absolute Gasteiger partial charge is 0.322 e. The van der Waals surface area contributed by atoms with Crippen molar-refractivity contribution in [2.75, 3.05) is 26.2 Å². The van der Waals surface area contributed by atoms with E-state index in [1.54, 1.807) is 0 Å². The molecule has 0 spiro atoms. The highest BCUT2D eigenvalue weighted by Crippen LogP contribution is 2.31. The van der Waals surface area contributed by atoms with Gasteiger partial charge in [-0.2, -0.15) is 0 Å². The maximum Gasteiger partial charge on any atom is 0.322 e. The number of nitrogens with one attached hydrogen (secondary N) is 3. The van der Waals surface area contributed by atoms with Crippen LogP contribution in [-0.2, 0) is 4.79 Å². The van der Waals surface area contributed by atoms with E-state index in [2.05, 4.69) is 20.9 Å². The Morgan fingerprint density at radius 3 is 2.52 bits per heavy atom. The number of carbonyl (C=O) groups excluding carboxylic acids is 2. The Kier molecular flexibility index (Phi) is 7.73. The predicted octanol–water partition coefficient (Wildman–Crippen LogP) is 1.04. The molecule has 3 amide bonds. The molecule has 2 aliphatic heterocycles. The number of aliphatic imine (C=N–C) groups is 1. The molecule has 3 rings (SSSR count). The van der Waals surface area contributed by atoms with Crippen LogP contribution in [-0.4, -0.2) is 65.7 Å². The number of imide groups is 1. The molecule has 9 heteroatoms. The predicted molar refractivity (Wildman–Crippen MR) is 114 cm³/mol. The fraction of sp³-hybridized carbons (Fsp3) is 0.833. The van der Waals surface area contributed by atoms with Crippen molar-refractivity contribution in [3.05, 3.63) is 0 Å². The quantitative estimate of drug-likeness (QED) is 0.203. The molecule has 3 atom stereocenters. The van der Waals surface area contributed by atoms with Gasteiger partial charge < -0.3 is 20.6 Å². The monoisotopic (exact) mass is 493 g/mol. The van der Waals surface area contributed by atoms with Gasteiger partial charge in [-0.15, -0.1) is 24.0 Å². The largest absolute Gasteiger partial charge is 0.393 e. The van der Waals surface area contributed by atoms with Gasteiger partial charge in [-0.25, -0.2) is 4.79 Å². The molecule has 2 saturated heterocycles. The van der Waals surface area contributed by atoms with E-state index < -0.39 is 11.6 Å². The Morgan fingerprint density at radius 1 is 1.30 bits per heavy atom. The lowest BCUT2D eigenvalue weighted by Crippen LogP contribution is -2.55. The molecular formula is C18H32IN5O3. The van der Waals surface area contributed by atoms with E-state index in [1.165, 1.54) is 0 Å². The lowest BCUT2D eigenvalue weighted by atomic mass is 9.79. The minimum Gasteiger partial charge on any atom is -0.393 e. The van der Waals surface area contributed by atoms with Crippen LogP contribution in [0.15, 0.2) is 4.99 Å². The van der Waals surface area contributed by atoms with E-state index in [9.17, 15) is 14.7 Å². The average Bonchev–Trinajstić information content (AvgIpc) is 3.14. The van der Waals surface area contributed by atoms with Gasteiger partial charge in [-0.05, 0) is 45.4 Å². The van der Waals surface area contributed by atoms with E-state index in [1.807, 2.05) is 13.8 Å². The van der Waals surface area contributed by atoms with E-state index in [4.69, 9.17) is 4.99 Å². The second-order valence-corrected chi connectivity index (χ2v) is 7.82. The summed E-state index contributed by atoms with van der Waals surface area (Å²) in [6, 6.07) is -0.398. The highest BCUT2D eigenvalue weighted by Gasteiger charge is 2.48. The van der Waals surface area contributed by atoms with Crippen molar-refractivity contribution in [3.63, 3.8) is 0 Å². The van der Waals surface area contributed by atoms with Gasteiger partial charge in [-0.3, -0.25) is 15.1 Å². The van der Waals surface area contributed by atoms with Gasteiger partial charge in [0.05, 0.1) is 6.10 Å². The summed E-state index contributed by atoms with van der Waals surface area (Å²) in [4.78, 5) is 30.6. The summed E-state index contributed by atoms with van der Waals surface area (Å²) < 4.78 is 0. The van der Waals surface area contributed by atoms with E-state index >= 15 is 0 Å². The summed E-state index contributed by atoms with van der Waals surface area (Å²) in [5.74, 6) is 1.04. The number of aliphatic hydroxyl groups is 1. The molecule has 3 fully saturated rings.